The third kappa shape index (κ3) is 4.50. The molecule has 112 valence electrons. The van der Waals surface area contributed by atoms with Crippen molar-refractivity contribution >= 4 is 15.9 Å². The van der Waals surface area contributed by atoms with Gasteiger partial charge in [0, 0.05) is 11.1 Å². The summed E-state index contributed by atoms with van der Waals surface area (Å²) in [5.41, 5.74) is -0.204. The zero-order valence-electron chi connectivity index (χ0n) is 12.1. The number of ether oxygens (including phenoxy) is 1. The molecule has 0 radical (unpaired) electrons. The van der Waals surface area contributed by atoms with Crippen LogP contribution in [0.5, 0.6) is 5.75 Å². The Balaban J connectivity index is 3.23. The molecule has 0 atom stereocenters. The minimum Gasteiger partial charge on any atom is -0.492 e. The lowest BCUT2D eigenvalue weighted by atomic mass is 10.1. The highest BCUT2D eigenvalue weighted by atomic mass is 32.2. The fraction of sp³-hybridized carbons (Fsp3) is 0.462. The van der Waals surface area contributed by atoms with Crippen molar-refractivity contribution in [2.75, 3.05) is 6.61 Å². The third-order valence-electron chi connectivity index (χ3n) is 2.30. The highest BCUT2D eigenvalue weighted by molar-refractivity contribution is 7.89. The van der Waals surface area contributed by atoms with Gasteiger partial charge in [0.2, 0.25) is 10.0 Å². The number of carbonyl (C=O) groups excluding carboxylic acids is 1. The molecule has 0 unspecified atom stereocenters. The number of carbonyl (C=O) groups is 1. The van der Waals surface area contributed by atoms with E-state index in [0.717, 1.165) is 0 Å². The Bertz CT molecular complexity index is 603. The third-order valence-corrected chi connectivity index (χ3v) is 3.23. The van der Waals surface area contributed by atoms with E-state index in [4.69, 9.17) is 9.88 Å². The standard InChI is InChI=1S/C13H20N2O4S/c1-5-19-10-7-6-9(8-11(10)20(14,17)18)12(16)15-13(2,3)4/h6-8H,5H2,1-4H3,(H,15,16)(H2,14,17,18). The van der Waals surface area contributed by atoms with Gasteiger partial charge in [-0.3, -0.25) is 4.79 Å². The summed E-state index contributed by atoms with van der Waals surface area (Å²) in [6.07, 6.45) is 0. The normalized spacial score (nSPS) is 12.1. The molecule has 1 amide bonds. The van der Waals surface area contributed by atoms with Crippen LogP contribution in [-0.4, -0.2) is 26.5 Å². The number of hydrogen-bond donors (Lipinski definition) is 2. The number of nitrogens with one attached hydrogen (secondary N) is 1. The first-order valence-corrected chi connectivity index (χ1v) is 7.71. The monoisotopic (exact) mass is 300 g/mol. The van der Waals surface area contributed by atoms with E-state index in [1.807, 2.05) is 20.8 Å². The van der Waals surface area contributed by atoms with Gasteiger partial charge >= 0.3 is 0 Å². The molecule has 0 aliphatic rings. The predicted molar refractivity (Wildman–Crippen MR) is 76.2 cm³/mol. The van der Waals surface area contributed by atoms with Gasteiger partial charge in [-0.25, -0.2) is 13.6 Å². The molecular formula is C13H20N2O4S. The van der Waals surface area contributed by atoms with E-state index in [-0.39, 0.29) is 22.1 Å². The van der Waals surface area contributed by atoms with Gasteiger partial charge in [-0.1, -0.05) is 0 Å². The summed E-state index contributed by atoms with van der Waals surface area (Å²) in [6.45, 7) is 7.53. The summed E-state index contributed by atoms with van der Waals surface area (Å²) in [5, 5.41) is 7.89. The Kier molecular flexibility index (Phi) is 4.77. The average Bonchev–Trinajstić information content (AvgIpc) is 2.26. The lowest BCUT2D eigenvalue weighted by molar-refractivity contribution is 0.0919. The smallest absolute Gasteiger partial charge is 0.251 e. The van der Waals surface area contributed by atoms with Gasteiger partial charge in [-0.05, 0) is 45.9 Å². The zero-order chi connectivity index (χ0) is 15.6. The van der Waals surface area contributed by atoms with E-state index in [9.17, 15) is 13.2 Å². The zero-order valence-corrected chi connectivity index (χ0v) is 12.9. The van der Waals surface area contributed by atoms with E-state index >= 15 is 0 Å². The van der Waals surface area contributed by atoms with Crippen LogP contribution in [0.4, 0.5) is 0 Å². The Morgan fingerprint density at radius 2 is 1.95 bits per heavy atom. The molecule has 6 nitrogen and oxygen atoms in total. The van der Waals surface area contributed by atoms with Crippen LogP contribution in [0.15, 0.2) is 23.1 Å². The van der Waals surface area contributed by atoms with Gasteiger partial charge in [0.1, 0.15) is 10.6 Å². The molecule has 0 saturated carbocycles. The minimum atomic E-state index is -3.96. The maximum atomic E-state index is 12.0. The van der Waals surface area contributed by atoms with Crippen molar-refractivity contribution in [3.63, 3.8) is 0 Å². The van der Waals surface area contributed by atoms with Gasteiger partial charge in [0.25, 0.3) is 5.91 Å². The SMILES string of the molecule is CCOc1ccc(C(=O)NC(C)(C)C)cc1S(N)(=O)=O. The van der Waals surface area contributed by atoms with Crippen LogP contribution in [0, 0.1) is 0 Å². The molecule has 0 heterocycles. The van der Waals surface area contributed by atoms with Gasteiger partial charge in [-0.15, -0.1) is 0 Å². The lowest BCUT2D eigenvalue weighted by Gasteiger charge is -2.20. The second kappa shape index (κ2) is 5.80. The average molecular weight is 300 g/mol. The number of rotatable bonds is 4. The fourth-order valence-corrected chi connectivity index (χ4v) is 2.26. The highest BCUT2D eigenvalue weighted by Gasteiger charge is 2.20. The Morgan fingerprint density at radius 1 is 1.35 bits per heavy atom. The quantitative estimate of drug-likeness (QED) is 0.874. The minimum absolute atomic E-state index is 0.141. The second-order valence-corrected chi connectivity index (χ2v) is 6.87. The summed E-state index contributed by atoms with van der Waals surface area (Å²) >= 11 is 0. The molecule has 0 saturated heterocycles. The van der Waals surface area contributed by atoms with Crippen LogP contribution < -0.4 is 15.2 Å². The summed E-state index contributed by atoms with van der Waals surface area (Å²) in [6, 6.07) is 4.16. The number of benzene rings is 1. The number of amides is 1. The van der Waals surface area contributed by atoms with Crippen LogP contribution >= 0.6 is 0 Å². The molecule has 0 aromatic heterocycles. The van der Waals surface area contributed by atoms with E-state index in [2.05, 4.69) is 5.32 Å². The van der Waals surface area contributed by atoms with Crippen molar-refractivity contribution < 1.29 is 17.9 Å². The van der Waals surface area contributed by atoms with Crippen molar-refractivity contribution in [1.29, 1.82) is 0 Å². The van der Waals surface area contributed by atoms with Crippen LogP contribution in [0.2, 0.25) is 0 Å². The predicted octanol–water partition coefficient (Wildman–Crippen LogP) is 1.26. The van der Waals surface area contributed by atoms with Crippen molar-refractivity contribution in [2.24, 2.45) is 5.14 Å². The van der Waals surface area contributed by atoms with E-state index < -0.39 is 15.6 Å². The Morgan fingerprint density at radius 3 is 2.40 bits per heavy atom. The first-order valence-electron chi connectivity index (χ1n) is 6.17. The van der Waals surface area contributed by atoms with E-state index in [0.29, 0.717) is 6.61 Å². The molecule has 0 aliphatic heterocycles. The maximum absolute atomic E-state index is 12.0. The molecule has 3 N–H and O–H groups in total. The van der Waals surface area contributed by atoms with E-state index in [1.54, 1.807) is 6.92 Å². The molecule has 0 aliphatic carbocycles. The molecule has 0 bridgehead atoms. The summed E-state index contributed by atoms with van der Waals surface area (Å²) in [4.78, 5) is 11.8. The Hall–Kier alpha value is -1.60. The molecule has 1 aromatic rings. The van der Waals surface area contributed by atoms with Crippen LogP contribution in [-0.2, 0) is 10.0 Å². The van der Waals surface area contributed by atoms with Crippen LogP contribution in [0.1, 0.15) is 38.1 Å². The van der Waals surface area contributed by atoms with Crippen molar-refractivity contribution in [1.82, 2.24) is 5.32 Å². The topological polar surface area (TPSA) is 98.5 Å². The van der Waals surface area contributed by atoms with Crippen LogP contribution in [0.25, 0.3) is 0 Å². The summed E-state index contributed by atoms with van der Waals surface area (Å²) < 4.78 is 28.3. The molecule has 0 spiro atoms. The van der Waals surface area contributed by atoms with Gasteiger partial charge in [0.05, 0.1) is 6.61 Å². The first kappa shape index (κ1) is 16.5. The van der Waals surface area contributed by atoms with Crippen LogP contribution in [0.3, 0.4) is 0 Å². The molecular weight excluding hydrogens is 280 g/mol. The number of nitrogens with two attached hydrogens (primary N) is 1. The first-order chi connectivity index (χ1) is 9.04. The molecule has 1 rings (SSSR count). The summed E-state index contributed by atoms with van der Waals surface area (Å²) in [7, 11) is -3.96. The Labute approximate surface area is 119 Å². The molecule has 7 heteroatoms. The number of sulfonamides is 1. The van der Waals surface area contributed by atoms with Crippen molar-refractivity contribution in [3.8, 4) is 5.75 Å². The number of primary sulfonamides is 1. The maximum Gasteiger partial charge on any atom is 0.251 e. The fourth-order valence-electron chi connectivity index (χ4n) is 1.56. The molecule has 20 heavy (non-hydrogen) atoms. The summed E-state index contributed by atoms with van der Waals surface area (Å²) in [5.74, 6) is -0.229. The second-order valence-electron chi connectivity index (χ2n) is 5.34. The van der Waals surface area contributed by atoms with Gasteiger partial charge in [-0.2, -0.15) is 0 Å². The molecule has 0 fully saturated rings. The largest absolute Gasteiger partial charge is 0.492 e. The van der Waals surface area contributed by atoms with Crippen molar-refractivity contribution in [2.45, 2.75) is 38.1 Å². The number of hydrogen-bond acceptors (Lipinski definition) is 4. The lowest BCUT2D eigenvalue weighted by Crippen LogP contribution is -2.40. The van der Waals surface area contributed by atoms with Gasteiger partial charge < -0.3 is 10.1 Å². The highest BCUT2D eigenvalue weighted by Crippen LogP contribution is 2.24. The van der Waals surface area contributed by atoms with Gasteiger partial charge in [0.15, 0.2) is 0 Å². The van der Waals surface area contributed by atoms with Crippen molar-refractivity contribution in [3.05, 3.63) is 23.8 Å². The van der Waals surface area contributed by atoms with E-state index in [1.165, 1.54) is 18.2 Å². The molecule has 1 aromatic carbocycles.